The van der Waals surface area contributed by atoms with Gasteiger partial charge in [-0.1, -0.05) is 6.07 Å². The van der Waals surface area contributed by atoms with Gasteiger partial charge in [-0.25, -0.2) is 8.78 Å². The van der Waals surface area contributed by atoms with E-state index in [1.165, 1.54) is 12.1 Å². The molecule has 5 heteroatoms. The second kappa shape index (κ2) is 5.76. The third-order valence-electron chi connectivity index (χ3n) is 4.33. The third kappa shape index (κ3) is 3.00. The van der Waals surface area contributed by atoms with E-state index < -0.39 is 11.6 Å². The summed E-state index contributed by atoms with van der Waals surface area (Å²) in [7, 11) is 2.09. The molecule has 2 rings (SSSR count). The fourth-order valence-electron chi connectivity index (χ4n) is 2.79. The summed E-state index contributed by atoms with van der Waals surface area (Å²) < 4.78 is 27.0. The largest absolute Gasteiger partial charge is 0.329 e. The quantitative estimate of drug-likeness (QED) is 0.921. The first-order chi connectivity index (χ1) is 9.35. The van der Waals surface area contributed by atoms with Crippen molar-refractivity contribution in [3.63, 3.8) is 0 Å². The van der Waals surface area contributed by atoms with Gasteiger partial charge in [-0.3, -0.25) is 9.80 Å². The summed E-state index contributed by atoms with van der Waals surface area (Å²) in [6, 6.07) is 3.53. The number of likely N-dealkylation sites (N-methyl/N-ethyl adjacent to an activating group) is 1. The van der Waals surface area contributed by atoms with Crippen LogP contribution in [0.1, 0.15) is 25.5 Å². The summed E-state index contributed by atoms with van der Waals surface area (Å²) in [6.45, 7) is 7.19. The molecule has 3 nitrogen and oxygen atoms in total. The summed E-state index contributed by atoms with van der Waals surface area (Å²) in [6.07, 6.45) is 0. The van der Waals surface area contributed by atoms with E-state index in [0.717, 1.165) is 25.7 Å². The Labute approximate surface area is 119 Å². The zero-order chi connectivity index (χ0) is 14.9. The maximum Gasteiger partial charge on any atom is 0.130 e. The summed E-state index contributed by atoms with van der Waals surface area (Å²) in [5.41, 5.74) is 6.35. The molecule has 1 aromatic carbocycles. The number of benzene rings is 1. The number of hydrogen-bond donors (Lipinski definition) is 1. The van der Waals surface area contributed by atoms with E-state index in [2.05, 4.69) is 30.7 Å². The average molecular weight is 283 g/mol. The Morgan fingerprint density at radius 2 is 2.00 bits per heavy atom. The van der Waals surface area contributed by atoms with Gasteiger partial charge in [-0.2, -0.15) is 0 Å². The van der Waals surface area contributed by atoms with Gasteiger partial charge in [0, 0.05) is 43.3 Å². The van der Waals surface area contributed by atoms with Gasteiger partial charge in [0.25, 0.3) is 0 Å². The third-order valence-corrected chi connectivity index (χ3v) is 4.33. The predicted octanol–water partition coefficient (Wildman–Crippen LogP) is 1.99. The molecule has 1 saturated heterocycles. The van der Waals surface area contributed by atoms with Crippen molar-refractivity contribution >= 4 is 0 Å². The van der Waals surface area contributed by atoms with E-state index >= 15 is 0 Å². The summed E-state index contributed by atoms with van der Waals surface area (Å²) in [5.74, 6) is -1.07. The standard InChI is InChI=1S/C15H23F2N3/c1-15(2)10-20(7-6-19(15)3)14(9-18)12-5-4-11(16)8-13(12)17/h4-5,8,14H,6-7,9-10,18H2,1-3H3. The van der Waals surface area contributed by atoms with Crippen molar-refractivity contribution in [2.45, 2.75) is 25.4 Å². The van der Waals surface area contributed by atoms with Crippen LogP contribution in [0.25, 0.3) is 0 Å². The molecule has 1 aliphatic rings. The molecule has 0 aromatic heterocycles. The van der Waals surface area contributed by atoms with Crippen LogP contribution in [0.5, 0.6) is 0 Å². The second-order valence-corrected chi connectivity index (χ2v) is 6.12. The fraction of sp³-hybridized carbons (Fsp3) is 0.600. The lowest BCUT2D eigenvalue weighted by molar-refractivity contribution is 0.0172. The van der Waals surface area contributed by atoms with Gasteiger partial charge >= 0.3 is 0 Å². The van der Waals surface area contributed by atoms with Crippen molar-refractivity contribution in [3.8, 4) is 0 Å². The SMILES string of the molecule is CN1CCN(C(CN)c2ccc(F)cc2F)CC1(C)C. The topological polar surface area (TPSA) is 32.5 Å². The lowest BCUT2D eigenvalue weighted by Crippen LogP contribution is -2.58. The number of rotatable bonds is 3. The zero-order valence-corrected chi connectivity index (χ0v) is 12.4. The molecule has 2 N–H and O–H groups in total. The molecule has 112 valence electrons. The van der Waals surface area contributed by atoms with E-state index in [9.17, 15) is 8.78 Å². The van der Waals surface area contributed by atoms with Crippen LogP contribution in [-0.2, 0) is 0 Å². The number of halogens is 2. The van der Waals surface area contributed by atoms with Gasteiger partial charge < -0.3 is 5.73 Å². The van der Waals surface area contributed by atoms with E-state index in [4.69, 9.17) is 5.73 Å². The van der Waals surface area contributed by atoms with Crippen LogP contribution >= 0.6 is 0 Å². The normalized spacial score (nSPS) is 21.9. The van der Waals surface area contributed by atoms with E-state index in [1.54, 1.807) is 0 Å². The first-order valence-electron chi connectivity index (χ1n) is 6.95. The minimum absolute atomic E-state index is 0.0160. The van der Waals surface area contributed by atoms with Crippen LogP contribution in [-0.4, -0.2) is 48.6 Å². The first-order valence-corrected chi connectivity index (χ1v) is 6.95. The molecule has 0 spiro atoms. The van der Waals surface area contributed by atoms with Crippen LogP contribution < -0.4 is 5.73 Å². The Morgan fingerprint density at radius 3 is 2.55 bits per heavy atom. The molecule has 0 bridgehead atoms. The molecule has 0 saturated carbocycles. The van der Waals surface area contributed by atoms with E-state index in [1.807, 2.05) is 0 Å². The molecule has 0 aliphatic carbocycles. The van der Waals surface area contributed by atoms with Crippen molar-refractivity contribution in [2.24, 2.45) is 5.73 Å². The molecule has 20 heavy (non-hydrogen) atoms. The van der Waals surface area contributed by atoms with E-state index in [-0.39, 0.29) is 11.6 Å². The second-order valence-electron chi connectivity index (χ2n) is 6.12. The van der Waals surface area contributed by atoms with Gasteiger partial charge in [-0.05, 0) is 27.0 Å². The summed E-state index contributed by atoms with van der Waals surface area (Å²) in [5, 5.41) is 0. The Morgan fingerprint density at radius 1 is 1.30 bits per heavy atom. The van der Waals surface area contributed by atoms with Crippen molar-refractivity contribution in [3.05, 3.63) is 35.4 Å². The van der Waals surface area contributed by atoms with Gasteiger partial charge in [0.2, 0.25) is 0 Å². The molecular weight excluding hydrogens is 260 g/mol. The van der Waals surface area contributed by atoms with Crippen LogP contribution in [0, 0.1) is 11.6 Å². The highest BCUT2D eigenvalue weighted by Gasteiger charge is 2.34. The van der Waals surface area contributed by atoms with Crippen LogP contribution in [0.4, 0.5) is 8.78 Å². The molecular formula is C15H23F2N3. The van der Waals surface area contributed by atoms with Crippen molar-refractivity contribution in [2.75, 3.05) is 33.2 Å². The zero-order valence-electron chi connectivity index (χ0n) is 12.4. The maximum atomic E-state index is 14.0. The summed E-state index contributed by atoms with van der Waals surface area (Å²) >= 11 is 0. The number of piperazine rings is 1. The lowest BCUT2D eigenvalue weighted by Gasteiger charge is -2.48. The number of nitrogens with two attached hydrogens (primary N) is 1. The first kappa shape index (κ1) is 15.4. The minimum Gasteiger partial charge on any atom is -0.329 e. The molecule has 1 unspecified atom stereocenters. The smallest absolute Gasteiger partial charge is 0.130 e. The molecule has 1 aliphatic heterocycles. The monoisotopic (exact) mass is 283 g/mol. The molecule has 1 aromatic rings. The predicted molar refractivity (Wildman–Crippen MR) is 76.4 cm³/mol. The summed E-state index contributed by atoms with van der Waals surface area (Å²) in [4.78, 5) is 4.48. The highest BCUT2D eigenvalue weighted by atomic mass is 19.1. The Hall–Kier alpha value is -1.04. The van der Waals surface area contributed by atoms with Crippen LogP contribution in [0.3, 0.4) is 0 Å². The highest BCUT2D eigenvalue weighted by molar-refractivity contribution is 5.23. The molecule has 0 radical (unpaired) electrons. The molecule has 1 atom stereocenters. The Balaban J connectivity index is 2.24. The van der Waals surface area contributed by atoms with Crippen molar-refractivity contribution in [1.29, 1.82) is 0 Å². The highest BCUT2D eigenvalue weighted by Crippen LogP contribution is 2.28. The minimum atomic E-state index is -0.555. The maximum absolute atomic E-state index is 14.0. The van der Waals surface area contributed by atoms with Gasteiger partial charge in [0.15, 0.2) is 0 Å². The fourth-order valence-corrected chi connectivity index (χ4v) is 2.79. The average Bonchev–Trinajstić information content (AvgIpc) is 2.36. The Kier molecular flexibility index (Phi) is 4.42. The van der Waals surface area contributed by atoms with Crippen LogP contribution in [0.15, 0.2) is 18.2 Å². The van der Waals surface area contributed by atoms with Gasteiger partial charge in [-0.15, -0.1) is 0 Å². The van der Waals surface area contributed by atoms with Crippen LogP contribution in [0.2, 0.25) is 0 Å². The molecule has 1 heterocycles. The Bertz CT molecular complexity index is 476. The number of hydrogen-bond acceptors (Lipinski definition) is 3. The van der Waals surface area contributed by atoms with Gasteiger partial charge in [0.1, 0.15) is 11.6 Å². The van der Waals surface area contributed by atoms with Gasteiger partial charge in [0.05, 0.1) is 6.04 Å². The van der Waals surface area contributed by atoms with E-state index in [0.29, 0.717) is 12.1 Å². The number of nitrogens with zero attached hydrogens (tertiary/aromatic N) is 2. The lowest BCUT2D eigenvalue weighted by atomic mass is 9.96. The molecule has 1 fully saturated rings. The van der Waals surface area contributed by atoms with Crippen molar-refractivity contribution in [1.82, 2.24) is 9.80 Å². The van der Waals surface area contributed by atoms with Crippen molar-refractivity contribution < 1.29 is 8.78 Å². The molecule has 0 amide bonds.